The van der Waals surface area contributed by atoms with Crippen molar-refractivity contribution in [2.24, 2.45) is 0 Å². The van der Waals surface area contributed by atoms with Gasteiger partial charge in [-0.3, -0.25) is 19.2 Å². The Morgan fingerprint density at radius 1 is 0.586 bits per heavy atom. The lowest BCUT2D eigenvalue weighted by molar-refractivity contribution is -0.138. The summed E-state index contributed by atoms with van der Waals surface area (Å²) in [5.41, 5.74) is 5.26. The summed E-state index contributed by atoms with van der Waals surface area (Å²) in [5, 5.41) is 57.8. The van der Waals surface area contributed by atoms with E-state index >= 15 is 0 Å². The van der Waals surface area contributed by atoms with Crippen LogP contribution >= 0.6 is 0 Å². The van der Waals surface area contributed by atoms with Crippen LogP contribution in [0, 0.1) is 29.6 Å². The number of nitrogens with zero attached hydrogens (tertiary/aromatic N) is 5. The van der Waals surface area contributed by atoms with E-state index in [1.807, 2.05) is 49.3 Å². The molecule has 15 heteroatoms. The molecule has 0 fully saturated rings. The molecule has 4 rings (SSSR count). The number of rotatable bonds is 20. The Kier molecular flexibility index (Phi) is 15.0. The molecule has 4 aromatic rings. The fourth-order valence-electron chi connectivity index (χ4n) is 5.78. The minimum Gasteiger partial charge on any atom is -0.488 e. The van der Waals surface area contributed by atoms with Crippen LogP contribution in [0.5, 0.6) is 11.5 Å². The average Bonchev–Trinajstić information content (AvgIpc) is 3.16. The Balaban J connectivity index is 1.63. The van der Waals surface area contributed by atoms with Gasteiger partial charge in [-0.25, -0.2) is 0 Å². The summed E-state index contributed by atoms with van der Waals surface area (Å²) < 4.78 is 12.0. The normalized spacial score (nSPS) is 10.8. The topological polar surface area (TPSA) is 225 Å². The lowest BCUT2D eigenvalue weighted by Crippen LogP contribution is -2.35. The molecule has 58 heavy (non-hydrogen) atoms. The molecule has 15 nitrogen and oxygen atoms in total. The third kappa shape index (κ3) is 12.4. The minimum absolute atomic E-state index is 0.105. The first-order chi connectivity index (χ1) is 27.7. The highest BCUT2D eigenvalue weighted by molar-refractivity contribution is 5.84. The molecule has 0 radical (unpaired) electrons. The predicted molar refractivity (Wildman–Crippen MR) is 218 cm³/mol. The van der Waals surface area contributed by atoms with Crippen LogP contribution in [0.25, 0.3) is 24.3 Å². The second-order valence-electron chi connectivity index (χ2n) is 13.1. The molecule has 0 aromatic heterocycles. The van der Waals surface area contributed by atoms with Gasteiger partial charge in [0.1, 0.15) is 50.9 Å². The van der Waals surface area contributed by atoms with Gasteiger partial charge in [-0.1, -0.05) is 48.6 Å². The van der Waals surface area contributed by atoms with Crippen LogP contribution in [0.1, 0.15) is 38.9 Å². The number of hydrogen-bond acceptors (Lipinski definition) is 11. The van der Waals surface area contributed by atoms with Crippen LogP contribution in [0.4, 0.5) is 17.1 Å². The Morgan fingerprint density at radius 2 is 1.00 bits per heavy atom. The zero-order valence-electron chi connectivity index (χ0n) is 32.0. The van der Waals surface area contributed by atoms with Crippen molar-refractivity contribution in [3.63, 3.8) is 0 Å². The molecule has 298 valence electrons. The molecule has 0 saturated carbocycles. The molecular weight excluding hydrogens is 746 g/mol. The Bertz CT molecular complexity index is 2270. The van der Waals surface area contributed by atoms with E-state index in [1.54, 1.807) is 67.6 Å². The van der Waals surface area contributed by atoms with Crippen molar-refractivity contribution < 1.29 is 49.1 Å². The molecule has 0 aliphatic rings. The number of carbonyl (C=O) groups is 4. The summed E-state index contributed by atoms with van der Waals surface area (Å²) >= 11 is 0. The van der Waals surface area contributed by atoms with Crippen molar-refractivity contribution in [3.05, 3.63) is 112 Å². The van der Waals surface area contributed by atoms with Crippen LogP contribution in [-0.2, 0) is 19.2 Å². The van der Waals surface area contributed by atoms with E-state index in [1.165, 1.54) is 6.07 Å². The number of aryl methyl sites for hydroxylation is 1. The van der Waals surface area contributed by atoms with E-state index < -0.39 is 50.1 Å². The number of aliphatic carboxylic acids is 4. The van der Waals surface area contributed by atoms with E-state index in [0.717, 1.165) is 26.6 Å². The molecule has 0 aliphatic carbocycles. The molecule has 0 heterocycles. The third-order valence-electron chi connectivity index (χ3n) is 8.47. The summed E-state index contributed by atoms with van der Waals surface area (Å²) in [6, 6.07) is 24.9. The maximum absolute atomic E-state index is 11.7. The van der Waals surface area contributed by atoms with Crippen LogP contribution in [0.15, 0.2) is 72.8 Å². The summed E-state index contributed by atoms with van der Waals surface area (Å²) in [6.07, 6.45) is 6.92. The maximum Gasteiger partial charge on any atom is 0.323 e. The second kappa shape index (κ2) is 20.2. The smallest absolute Gasteiger partial charge is 0.323 e. The highest BCUT2D eigenvalue weighted by Gasteiger charge is 2.21. The fourth-order valence-corrected chi connectivity index (χ4v) is 5.78. The SMILES string of the molecule is Cc1ccc(N(CC(=O)O)CC(=O)O)c(OCCOc2cc(/C=C/c3cc(C#N)c(/C=C/c4ccc(N(C)C)cc4)cc3C#N)ccc2N(CC(=O)O)CC(=O)O)c1. The van der Waals surface area contributed by atoms with Gasteiger partial charge in [0.2, 0.25) is 0 Å². The standard InChI is InChI=1S/C43H41N5O10/c1-28-4-14-36(47(24-40(49)50)25-41(51)52)38(18-28)57-16-17-58-39-19-30(9-15-37(39)48(26-42(53)54)27-43(55)56)6-11-32-21-33(22-44)31(20-34(32)23-45)10-5-29-7-12-35(13-8-29)46(2)3/h4-15,18-21H,16-17,24-27H2,1-3H3,(H,49,50)(H,51,52)(H,53,54)(H,55,56)/b10-5+,11-6+. The molecule has 0 amide bonds. The van der Waals surface area contributed by atoms with Crippen molar-refractivity contribution >= 4 is 65.2 Å². The third-order valence-corrected chi connectivity index (χ3v) is 8.47. The van der Waals surface area contributed by atoms with Gasteiger partial charge in [-0.15, -0.1) is 0 Å². The van der Waals surface area contributed by atoms with E-state index in [0.29, 0.717) is 27.8 Å². The molecule has 0 bridgehead atoms. The molecule has 0 atom stereocenters. The number of nitriles is 2. The maximum atomic E-state index is 11.7. The van der Waals surface area contributed by atoms with Crippen molar-refractivity contribution in [2.45, 2.75) is 6.92 Å². The molecule has 0 spiro atoms. The lowest BCUT2D eigenvalue weighted by atomic mass is 9.97. The van der Waals surface area contributed by atoms with Crippen molar-refractivity contribution in [1.29, 1.82) is 10.5 Å². The van der Waals surface area contributed by atoms with Crippen LogP contribution < -0.4 is 24.2 Å². The highest BCUT2D eigenvalue weighted by Crippen LogP contribution is 2.32. The van der Waals surface area contributed by atoms with E-state index in [-0.39, 0.29) is 36.1 Å². The first-order valence-electron chi connectivity index (χ1n) is 17.7. The van der Waals surface area contributed by atoms with Gasteiger partial charge in [-0.2, -0.15) is 10.5 Å². The number of anilines is 3. The second-order valence-corrected chi connectivity index (χ2v) is 13.1. The van der Waals surface area contributed by atoms with E-state index in [4.69, 9.17) is 9.47 Å². The van der Waals surface area contributed by atoms with E-state index in [2.05, 4.69) is 12.1 Å². The zero-order valence-corrected chi connectivity index (χ0v) is 32.0. The molecule has 0 unspecified atom stereocenters. The lowest BCUT2D eigenvalue weighted by Gasteiger charge is -2.25. The molecule has 4 N–H and O–H groups in total. The molecule has 0 saturated heterocycles. The van der Waals surface area contributed by atoms with Gasteiger partial charge in [-0.05, 0) is 83.3 Å². The molecule has 0 aliphatic heterocycles. The first kappa shape index (κ1) is 43.0. The van der Waals surface area contributed by atoms with Gasteiger partial charge < -0.3 is 44.6 Å². The summed E-state index contributed by atoms with van der Waals surface area (Å²) in [4.78, 5) is 50.6. The van der Waals surface area contributed by atoms with Gasteiger partial charge >= 0.3 is 23.9 Å². The molecule has 4 aromatic carbocycles. The minimum atomic E-state index is -1.28. The van der Waals surface area contributed by atoms with Gasteiger partial charge in [0.25, 0.3) is 0 Å². The Labute approximate surface area is 334 Å². The highest BCUT2D eigenvalue weighted by atomic mass is 16.5. The summed E-state index contributed by atoms with van der Waals surface area (Å²) in [5.74, 6) is -4.74. The number of hydrogen-bond donors (Lipinski definition) is 4. The number of ether oxygens (including phenoxy) is 2. The summed E-state index contributed by atoms with van der Waals surface area (Å²) in [6.45, 7) is -1.03. The van der Waals surface area contributed by atoms with Crippen molar-refractivity contribution in [1.82, 2.24) is 0 Å². The van der Waals surface area contributed by atoms with Crippen molar-refractivity contribution in [3.8, 4) is 23.6 Å². The fraction of sp³-hybridized carbons (Fsp3) is 0.209. The van der Waals surface area contributed by atoms with Gasteiger partial charge in [0.05, 0.1) is 34.6 Å². The predicted octanol–water partition coefficient (Wildman–Crippen LogP) is 5.55. The average molecular weight is 788 g/mol. The number of carboxylic acids is 4. The van der Waals surface area contributed by atoms with Crippen LogP contribution in [0.3, 0.4) is 0 Å². The van der Waals surface area contributed by atoms with Crippen LogP contribution in [-0.4, -0.2) is 97.8 Å². The summed E-state index contributed by atoms with van der Waals surface area (Å²) in [7, 11) is 3.89. The quantitative estimate of drug-likeness (QED) is 0.0636. The molecular formula is C43H41N5O10. The van der Waals surface area contributed by atoms with Gasteiger partial charge in [0.15, 0.2) is 0 Å². The first-order valence-corrected chi connectivity index (χ1v) is 17.7. The van der Waals surface area contributed by atoms with Crippen molar-refractivity contribution in [2.75, 3.05) is 68.2 Å². The Morgan fingerprint density at radius 3 is 1.43 bits per heavy atom. The van der Waals surface area contributed by atoms with E-state index in [9.17, 15) is 50.1 Å². The monoisotopic (exact) mass is 787 g/mol. The zero-order chi connectivity index (χ0) is 42.4. The Hall–Kier alpha value is -7.78. The largest absolute Gasteiger partial charge is 0.488 e. The number of benzene rings is 4. The van der Waals surface area contributed by atoms with Gasteiger partial charge in [0, 0.05) is 19.8 Å². The number of carboxylic acid groups (broad SMARTS) is 4. The van der Waals surface area contributed by atoms with Crippen LogP contribution in [0.2, 0.25) is 0 Å².